The molecule has 3 aromatic carbocycles. The number of thiazole rings is 1. The summed E-state index contributed by atoms with van der Waals surface area (Å²) in [7, 11) is 1.62. The number of ether oxygens (including phenoxy) is 2. The van der Waals surface area contributed by atoms with Crippen molar-refractivity contribution in [3.05, 3.63) is 105 Å². The zero-order valence-corrected chi connectivity index (χ0v) is 23.9. The molecule has 0 saturated carbocycles. The van der Waals surface area contributed by atoms with Crippen LogP contribution in [0.4, 0.5) is 0 Å². The van der Waals surface area contributed by atoms with Crippen LogP contribution in [0, 0.1) is 6.92 Å². The highest BCUT2D eigenvalue weighted by atomic mass is 32.1. The van der Waals surface area contributed by atoms with E-state index in [0.717, 1.165) is 58.0 Å². The maximum absolute atomic E-state index is 13.4. The van der Waals surface area contributed by atoms with Crippen LogP contribution in [0.5, 0.6) is 11.5 Å². The van der Waals surface area contributed by atoms with Crippen molar-refractivity contribution in [2.24, 2.45) is 0 Å². The Kier molecular flexibility index (Phi) is 7.35. The quantitative estimate of drug-likeness (QED) is 0.210. The Morgan fingerprint density at radius 2 is 1.76 bits per heavy atom. The van der Waals surface area contributed by atoms with E-state index in [9.17, 15) is 4.79 Å². The number of rotatable bonds is 9. The largest absolute Gasteiger partial charge is 0.497 e. The molecule has 0 N–H and O–H groups in total. The Bertz CT molecular complexity index is 1920. The number of aryl methyl sites for hydroxylation is 1. The van der Waals surface area contributed by atoms with Crippen molar-refractivity contribution in [1.29, 1.82) is 0 Å². The van der Waals surface area contributed by atoms with Crippen LogP contribution in [-0.2, 0) is 0 Å². The summed E-state index contributed by atoms with van der Waals surface area (Å²) in [4.78, 5) is 18.6. The van der Waals surface area contributed by atoms with Crippen molar-refractivity contribution >= 4 is 22.4 Å². The zero-order valence-electron chi connectivity index (χ0n) is 23.1. The fourth-order valence-corrected chi connectivity index (χ4v) is 5.48. The van der Waals surface area contributed by atoms with Crippen molar-refractivity contribution in [3.8, 4) is 39.8 Å². The van der Waals surface area contributed by atoms with Gasteiger partial charge in [-0.15, -0.1) is 5.10 Å². The number of benzene rings is 3. The van der Waals surface area contributed by atoms with Gasteiger partial charge in [0.25, 0.3) is 5.56 Å². The van der Waals surface area contributed by atoms with E-state index in [1.165, 1.54) is 15.9 Å². The van der Waals surface area contributed by atoms with Gasteiger partial charge in [-0.1, -0.05) is 42.9 Å². The standard InChI is InChI=1S/C32H29N5O3S/c1-4-5-17-40-26-15-16-27(21(2)18-26)29-23(20-36(34-29)24-9-7-6-8-10-24)19-28-31(38)37-32(41-28)33-30(35-37)22-11-13-25(39-3)14-12-22/h6-16,18-20H,4-5,17H2,1-3H3/b28-19-. The van der Waals surface area contributed by atoms with Gasteiger partial charge in [-0.05, 0) is 79.6 Å². The van der Waals surface area contributed by atoms with Gasteiger partial charge in [-0.3, -0.25) is 4.79 Å². The van der Waals surface area contributed by atoms with Gasteiger partial charge >= 0.3 is 0 Å². The van der Waals surface area contributed by atoms with Crippen LogP contribution in [0.1, 0.15) is 30.9 Å². The molecular formula is C32H29N5O3S. The third-order valence-electron chi connectivity index (χ3n) is 6.80. The molecule has 0 aliphatic rings. The van der Waals surface area contributed by atoms with Gasteiger partial charge in [0.15, 0.2) is 5.82 Å². The van der Waals surface area contributed by atoms with E-state index in [1.54, 1.807) is 7.11 Å². The molecule has 0 aliphatic heterocycles. The summed E-state index contributed by atoms with van der Waals surface area (Å²) in [6, 6.07) is 23.4. The van der Waals surface area contributed by atoms with Crippen LogP contribution in [-0.4, -0.2) is 38.1 Å². The Hall–Kier alpha value is -4.76. The molecule has 0 atom stereocenters. The van der Waals surface area contributed by atoms with Crippen molar-refractivity contribution in [2.75, 3.05) is 13.7 Å². The molecule has 0 unspecified atom stereocenters. The summed E-state index contributed by atoms with van der Waals surface area (Å²) in [5, 5.41) is 9.45. The Labute approximate surface area is 241 Å². The minimum absolute atomic E-state index is 0.216. The number of nitrogens with zero attached hydrogens (tertiary/aromatic N) is 5. The lowest BCUT2D eigenvalue weighted by atomic mass is 10.0. The van der Waals surface area contributed by atoms with Gasteiger partial charge in [0.1, 0.15) is 17.2 Å². The third kappa shape index (κ3) is 5.36. The van der Waals surface area contributed by atoms with E-state index in [0.29, 0.717) is 21.9 Å². The van der Waals surface area contributed by atoms with Crippen molar-refractivity contribution in [3.63, 3.8) is 0 Å². The first-order valence-electron chi connectivity index (χ1n) is 13.5. The molecule has 0 bridgehead atoms. The minimum Gasteiger partial charge on any atom is -0.497 e. The molecule has 3 heterocycles. The van der Waals surface area contributed by atoms with Crippen LogP contribution in [0.3, 0.4) is 0 Å². The Balaban J connectivity index is 1.42. The summed E-state index contributed by atoms with van der Waals surface area (Å²) in [5.41, 5.74) is 5.16. The predicted octanol–water partition coefficient (Wildman–Crippen LogP) is 5.71. The number of aromatic nitrogens is 5. The van der Waals surface area contributed by atoms with E-state index in [2.05, 4.69) is 23.9 Å². The molecule has 0 aliphatic carbocycles. The molecule has 6 aromatic rings. The average molecular weight is 564 g/mol. The smallest absolute Gasteiger partial charge is 0.291 e. The first-order valence-corrected chi connectivity index (χ1v) is 14.3. The first-order chi connectivity index (χ1) is 20.0. The van der Waals surface area contributed by atoms with E-state index >= 15 is 0 Å². The van der Waals surface area contributed by atoms with E-state index in [1.807, 2.05) is 89.8 Å². The van der Waals surface area contributed by atoms with Gasteiger partial charge < -0.3 is 9.47 Å². The van der Waals surface area contributed by atoms with Crippen LogP contribution < -0.4 is 19.6 Å². The molecule has 41 heavy (non-hydrogen) atoms. The van der Waals surface area contributed by atoms with Gasteiger partial charge in [0, 0.05) is 22.9 Å². The van der Waals surface area contributed by atoms with E-state index < -0.39 is 0 Å². The second-order valence-electron chi connectivity index (χ2n) is 9.67. The molecule has 6 rings (SSSR count). The molecule has 0 fully saturated rings. The van der Waals surface area contributed by atoms with Gasteiger partial charge in [-0.2, -0.15) is 14.6 Å². The summed E-state index contributed by atoms with van der Waals surface area (Å²) in [6.45, 7) is 4.89. The van der Waals surface area contributed by atoms with E-state index in [-0.39, 0.29) is 5.56 Å². The molecule has 0 spiro atoms. The number of hydrogen-bond acceptors (Lipinski definition) is 7. The Morgan fingerprint density at radius 1 is 0.976 bits per heavy atom. The molecule has 206 valence electrons. The number of fused-ring (bicyclic) bond motifs is 1. The molecule has 0 amide bonds. The number of hydrogen-bond donors (Lipinski definition) is 0. The summed E-state index contributed by atoms with van der Waals surface area (Å²) >= 11 is 1.31. The van der Waals surface area contributed by atoms with Crippen LogP contribution in [0.15, 0.2) is 83.8 Å². The number of para-hydroxylation sites is 1. The van der Waals surface area contributed by atoms with Crippen LogP contribution >= 0.6 is 11.3 Å². The van der Waals surface area contributed by atoms with Crippen LogP contribution in [0.2, 0.25) is 0 Å². The van der Waals surface area contributed by atoms with Gasteiger partial charge in [0.05, 0.1) is 23.9 Å². The highest BCUT2D eigenvalue weighted by Gasteiger charge is 2.16. The third-order valence-corrected chi connectivity index (χ3v) is 7.76. The molecule has 9 heteroatoms. The van der Waals surface area contributed by atoms with Crippen LogP contribution in [0.25, 0.3) is 39.4 Å². The number of unbranched alkanes of at least 4 members (excludes halogenated alkanes) is 1. The highest BCUT2D eigenvalue weighted by Crippen LogP contribution is 2.30. The monoisotopic (exact) mass is 563 g/mol. The molecule has 3 aromatic heterocycles. The SMILES string of the molecule is CCCCOc1ccc(-c2nn(-c3ccccc3)cc2/C=c2\sc3nc(-c4ccc(OC)cc4)nn3c2=O)c(C)c1. The normalized spacial score (nSPS) is 11.8. The summed E-state index contributed by atoms with van der Waals surface area (Å²) in [6.07, 6.45) is 5.93. The Morgan fingerprint density at radius 3 is 2.46 bits per heavy atom. The molecule has 0 radical (unpaired) electrons. The molecular weight excluding hydrogens is 534 g/mol. The lowest BCUT2D eigenvalue weighted by Gasteiger charge is -2.09. The van der Waals surface area contributed by atoms with Crippen molar-refractivity contribution < 1.29 is 9.47 Å². The zero-order chi connectivity index (χ0) is 28.3. The predicted molar refractivity (Wildman–Crippen MR) is 162 cm³/mol. The average Bonchev–Trinajstić information content (AvgIpc) is 3.69. The first kappa shape index (κ1) is 26.5. The summed E-state index contributed by atoms with van der Waals surface area (Å²) in [5.74, 6) is 2.08. The lowest BCUT2D eigenvalue weighted by molar-refractivity contribution is 0.309. The lowest BCUT2D eigenvalue weighted by Crippen LogP contribution is -2.23. The fourth-order valence-electron chi connectivity index (χ4n) is 4.58. The van der Waals surface area contributed by atoms with Gasteiger partial charge in [0.2, 0.25) is 4.96 Å². The van der Waals surface area contributed by atoms with Crippen molar-refractivity contribution in [2.45, 2.75) is 26.7 Å². The highest BCUT2D eigenvalue weighted by molar-refractivity contribution is 7.15. The van der Waals surface area contributed by atoms with E-state index in [4.69, 9.17) is 14.6 Å². The topological polar surface area (TPSA) is 83.5 Å². The molecule has 0 saturated heterocycles. The van der Waals surface area contributed by atoms with Crippen molar-refractivity contribution in [1.82, 2.24) is 24.4 Å². The summed E-state index contributed by atoms with van der Waals surface area (Å²) < 4.78 is 14.9. The van der Waals surface area contributed by atoms with Gasteiger partial charge in [-0.25, -0.2) is 4.68 Å². The second-order valence-corrected chi connectivity index (χ2v) is 10.7. The second kappa shape index (κ2) is 11.4. The minimum atomic E-state index is -0.216. The number of methoxy groups -OCH3 is 1. The maximum atomic E-state index is 13.4. The maximum Gasteiger partial charge on any atom is 0.291 e. The fraction of sp³-hybridized carbons (Fsp3) is 0.188. The molecule has 8 nitrogen and oxygen atoms in total.